The molecule has 5 rings (SSSR count). The highest BCUT2D eigenvalue weighted by atomic mass is 32.1. The van der Waals surface area contributed by atoms with Gasteiger partial charge in [0.05, 0.1) is 4.92 Å². The minimum absolute atomic E-state index is 0.0779. The van der Waals surface area contributed by atoms with E-state index in [1.807, 2.05) is 36.4 Å². The van der Waals surface area contributed by atoms with Crippen LogP contribution in [0, 0.1) is 17.0 Å². The number of aromatic nitrogens is 2. The van der Waals surface area contributed by atoms with Crippen molar-refractivity contribution < 1.29 is 24.0 Å². The van der Waals surface area contributed by atoms with Gasteiger partial charge in [0.2, 0.25) is 17.8 Å². The van der Waals surface area contributed by atoms with Gasteiger partial charge in [0.15, 0.2) is 11.5 Å². The summed E-state index contributed by atoms with van der Waals surface area (Å²) in [7, 11) is 0. The SMILES string of the molecule is Cc1ccc(C(=O)NC(Cc2ccccc2)C(=O)Nc2nnc(-c3ccc4c(c3)OCO4)s2)cc1[N+](=O)[O-]. The molecule has 38 heavy (non-hydrogen) atoms. The second-order valence-corrected chi connectivity index (χ2v) is 9.42. The maximum absolute atomic E-state index is 13.3. The number of fused-ring (bicyclic) bond motifs is 1. The van der Waals surface area contributed by atoms with E-state index in [0.29, 0.717) is 22.1 Å². The van der Waals surface area contributed by atoms with Crippen molar-refractivity contribution in [1.29, 1.82) is 0 Å². The van der Waals surface area contributed by atoms with Crippen LogP contribution in [0.4, 0.5) is 10.8 Å². The summed E-state index contributed by atoms with van der Waals surface area (Å²) in [5, 5.41) is 25.8. The number of amides is 2. The van der Waals surface area contributed by atoms with E-state index in [4.69, 9.17) is 9.47 Å². The highest BCUT2D eigenvalue weighted by Crippen LogP contribution is 2.37. The Morgan fingerprint density at radius 1 is 1.05 bits per heavy atom. The van der Waals surface area contributed by atoms with E-state index >= 15 is 0 Å². The number of benzene rings is 3. The van der Waals surface area contributed by atoms with Crippen molar-refractivity contribution in [1.82, 2.24) is 15.5 Å². The Labute approximate surface area is 220 Å². The maximum Gasteiger partial charge on any atom is 0.273 e. The maximum atomic E-state index is 13.3. The highest BCUT2D eigenvalue weighted by molar-refractivity contribution is 7.18. The molecule has 0 radical (unpaired) electrons. The quantitative estimate of drug-likeness (QED) is 0.255. The molecule has 0 bridgehead atoms. The van der Waals surface area contributed by atoms with Gasteiger partial charge in [-0.15, -0.1) is 10.2 Å². The minimum atomic E-state index is -0.983. The zero-order chi connectivity index (χ0) is 26.6. The molecule has 1 aliphatic heterocycles. The third-order valence-electron chi connectivity index (χ3n) is 5.85. The summed E-state index contributed by atoms with van der Waals surface area (Å²) in [6.45, 7) is 1.74. The number of hydrogen-bond donors (Lipinski definition) is 2. The van der Waals surface area contributed by atoms with Crippen LogP contribution in [0.2, 0.25) is 0 Å². The molecular formula is C26H21N5O6S. The molecule has 0 saturated heterocycles. The first-order valence-electron chi connectivity index (χ1n) is 11.5. The van der Waals surface area contributed by atoms with Gasteiger partial charge >= 0.3 is 0 Å². The van der Waals surface area contributed by atoms with Crippen LogP contribution >= 0.6 is 11.3 Å². The fraction of sp³-hybridized carbons (Fsp3) is 0.154. The number of nitro benzene ring substituents is 1. The molecule has 0 aliphatic carbocycles. The number of carbonyl (C=O) groups is 2. The summed E-state index contributed by atoms with van der Waals surface area (Å²) < 4.78 is 10.7. The fourth-order valence-electron chi connectivity index (χ4n) is 3.86. The van der Waals surface area contributed by atoms with E-state index in [9.17, 15) is 19.7 Å². The van der Waals surface area contributed by atoms with Gasteiger partial charge in [0.25, 0.3) is 11.6 Å². The van der Waals surface area contributed by atoms with Crippen LogP contribution in [0.3, 0.4) is 0 Å². The minimum Gasteiger partial charge on any atom is -0.454 e. The number of nitro groups is 1. The Morgan fingerprint density at radius 2 is 1.84 bits per heavy atom. The molecule has 0 fully saturated rings. The molecule has 4 aromatic rings. The number of nitrogens with zero attached hydrogens (tertiary/aromatic N) is 3. The zero-order valence-corrected chi connectivity index (χ0v) is 20.9. The molecule has 12 heteroatoms. The third kappa shape index (κ3) is 5.44. The smallest absolute Gasteiger partial charge is 0.273 e. The molecule has 3 aromatic carbocycles. The molecule has 2 N–H and O–H groups in total. The summed E-state index contributed by atoms with van der Waals surface area (Å²) in [6.07, 6.45) is 0.195. The number of carbonyl (C=O) groups excluding carboxylic acids is 2. The van der Waals surface area contributed by atoms with Gasteiger partial charge in [-0.2, -0.15) is 0 Å². The number of ether oxygens (including phenoxy) is 2. The lowest BCUT2D eigenvalue weighted by Gasteiger charge is -2.18. The topological polar surface area (TPSA) is 146 Å². The van der Waals surface area contributed by atoms with Crippen molar-refractivity contribution >= 4 is 34.0 Å². The molecule has 192 valence electrons. The Balaban J connectivity index is 1.34. The highest BCUT2D eigenvalue weighted by Gasteiger charge is 2.25. The first-order valence-corrected chi connectivity index (χ1v) is 12.3. The molecule has 11 nitrogen and oxygen atoms in total. The van der Waals surface area contributed by atoms with Crippen LogP contribution in [0.15, 0.2) is 66.7 Å². The van der Waals surface area contributed by atoms with Crippen LogP contribution in [-0.4, -0.2) is 39.8 Å². The number of nitrogens with one attached hydrogen (secondary N) is 2. The molecular weight excluding hydrogens is 510 g/mol. The van der Waals surface area contributed by atoms with Crippen molar-refractivity contribution in [3.8, 4) is 22.1 Å². The van der Waals surface area contributed by atoms with Crippen LogP contribution in [0.5, 0.6) is 11.5 Å². The van der Waals surface area contributed by atoms with Gasteiger partial charge in [-0.05, 0) is 36.8 Å². The molecule has 1 aliphatic rings. The summed E-state index contributed by atoms with van der Waals surface area (Å²) in [4.78, 5) is 37.1. The van der Waals surface area contributed by atoms with Crippen molar-refractivity contribution in [2.24, 2.45) is 0 Å². The van der Waals surface area contributed by atoms with Gasteiger partial charge in [-0.25, -0.2) is 0 Å². The summed E-state index contributed by atoms with van der Waals surface area (Å²) in [6, 6.07) is 17.8. The molecule has 0 spiro atoms. The predicted molar refractivity (Wildman–Crippen MR) is 139 cm³/mol. The average molecular weight is 532 g/mol. The molecule has 1 aromatic heterocycles. The Bertz CT molecular complexity index is 1520. The van der Waals surface area contributed by atoms with Crippen molar-refractivity contribution in [2.75, 3.05) is 12.1 Å². The Hall–Kier alpha value is -4.84. The number of anilines is 1. The lowest BCUT2D eigenvalue weighted by Crippen LogP contribution is -2.45. The van der Waals surface area contributed by atoms with Crippen molar-refractivity contribution in [3.63, 3.8) is 0 Å². The monoisotopic (exact) mass is 531 g/mol. The first kappa shape index (κ1) is 24.8. The van der Waals surface area contributed by atoms with Crippen LogP contribution in [-0.2, 0) is 11.2 Å². The summed E-state index contributed by atoms with van der Waals surface area (Å²) in [5.74, 6) is 0.134. The molecule has 0 saturated carbocycles. The first-order chi connectivity index (χ1) is 18.4. The number of hydrogen-bond acceptors (Lipinski definition) is 9. The van der Waals surface area contributed by atoms with E-state index in [1.54, 1.807) is 19.1 Å². The fourth-order valence-corrected chi connectivity index (χ4v) is 4.60. The van der Waals surface area contributed by atoms with Gasteiger partial charge in [0.1, 0.15) is 11.0 Å². The summed E-state index contributed by atoms with van der Waals surface area (Å²) >= 11 is 1.17. The Morgan fingerprint density at radius 3 is 2.63 bits per heavy atom. The van der Waals surface area contributed by atoms with Crippen LogP contribution in [0.1, 0.15) is 21.5 Å². The van der Waals surface area contributed by atoms with Crippen LogP contribution in [0.25, 0.3) is 10.6 Å². The average Bonchev–Trinajstić information content (AvgIpc) is 3.58. The van der Waals surface area contributed by atoms with Gasteiger partial charge in [0, 0.05) is 29.2 Å². The van der Waals surface area contributed by atoms with Gasteiger partial charge in [-0.3, -0.25) is 25.0 Å². The second kappa shape index (κ2) is 10.6. The lowest BCUT2D eigenvalue weighted by atomic mass is 10.0. The normalized spacial score (nSPS) is 12.6. The molecule has 1 unspecified atom stereocenters. The predicted octanol–water partition coefficient (Wildman–Crippen LogP) is 4.13. The van der Waals surface area contributed by atoms with Crippen molar-refractivity contribution in [2.45, 2.75) is 19.4 Å². The molecule has 2 amide bonds. The molecule has 2 heterocycles. The number of rotatable bonds is 8. The largest absolute Gasteiger partial charge is 0.454 e. The van der Waals surface area contributed by atoms with E-state index in [1.165, 1.54) is 29.5 Å². The van der Waals surface area contributed by atoms with E-state index in [-0.39, 0.29) is 29.6 Å². The van der Waals surface area contributed by atoms with Gasteiger partial charge < -0.3 is 14.8 Å². The van der Waals surface area contributed by atoms with E-state index in [2.05, 4.69) is 20.8 Å². The third-order valence-corrected chi connectivity index (χ3v) is 6.73. The lowest BCUT2D eigenvalue weighted by molar-refractivity contribution is -0.385. The molecule has 1 atom stereocenters. The van der Waals surface area contributed by atoms with E-state index < -0.39 is 22.8 Å². The van der Waals surface area contributed by atoms with Gasteiger partial charge in [-0.1, -0.05) is 47.7 Å². The Kier molecular flexibility index (Phi) is 6.96. The standard InChI is InChI=1S/C26H21N5O6S/c1-15-7-8-17(12-20(15)31(34)35)23(32)27-19(11-16-5-3-2-4-6-16)24(33)28-26-30-29-25(38-26)18-9-10-21-22(13-18)37-14-36-21/h2-10,12-13,19H,11,14H2,1H3,(H,27,32)(H,28,30,33). The second-order valence-electron chi connectivity index (χ2n) is 8.44. The van der Waals surface area contributed by atoms with Crippen molar-refractivity contribution in [3.05, 3.63) is 93.5 Å². The van der Waals surface area contributed by atoms with E-state index in [0.717, 1.165) is 11.1 Å². The summed E-state index contributed by atoms with van der Waals surface area (Å²) in [5.41, 5.74) is 1.91. The number of aryl methyl sites for hydroxylation is 1. The van der Waals surface area contributed by atoms with Crippen LogP contribution < -0.4 is 20.1 Å². The zero-order valence-electron chi connectivity index (χ0n) is 20.0.